The number of fused-ring (bicyclic) bond motifs is 1. The van der Waals surface area contributed by atoms with Crippen LogP contribution in [-0.2, 0) is 0 Å². The zero-order valence-electron chi connectivity index (χ0n) is 9.45. The zero-order valence-corrected chi connectivity index (χ0v) is 9.45. The lowest BCUT2D eigenvalue weighted by atomic mass is 10.1. The van der Waals surface area contributed by atoms with Gasteiger partial charge in [-0.3, -0.25) is 14.7 Å². The Hall–Kier alpha value is -2.96. The van der Waals surface area contributed by atoms with Crippen LogP contribution >= 0.6 is 0 Å². The van der Waals surface area contributed by atoms with Crippen LogP contribution in [0.5, 0.6) is 0 Å². The average molecular weight is 257 g/mol. The van der Waals surface area contributed by atoms with Crippen molar-refractivity contribution in [2.75, 3.05) is 4.90 Å². The minimum atomic E-state index is -1.21. The quantitative estimate of drug-likeness (QED) is 0.778. The van der Waals surface area contributed by atoms with E-state index < -0.39 is 17.8 Å². The van der Waals surface area contributed by atoms with Crippen molar-refractivity contribution in [1.29, 1.82) is 0 Å². The smallest absolute Gasteiger partial charge is 0.353 e. The standard InChI is InChI=1S/C12H7N3O4/c16-10-6-3-1-2-4-7(6)11(17)15(10)9-5-8(12(18)19)13-14-9/h1-5H,(H,13,14)(H,18,19). The number of benzene rings is 1. The Morgan fingerprint density at radius 3 is 2.21 bits per heavy atom. The summed E-state index contributed by atoms with van der Waals surface area (Å²) in [5.74, 6) is -2.26. The molecule has 2 heterocycles. The molecule has 1 aliphatic heterocycles. The molecule has 1 aromatic carbocycles. The number of aromatic carboxylic acids is 1. The lowest BCUT2D eigenvalue weighted by molar-refractivity contribution is 0.0689. The van der Waals surface area contributed by atoms with Crippen molar-refractivity contribution in [3.05, 3.63) is 47.2 Å². The van der Waals surface area contributed by atoms with Crippen LogP contribution < -0.4 is 4.90 Å². The van der Waals surface area contributed by atoms with Crippen LogP contribution in [0.3, 0.4) is 0 Å². The number of carboxylic acids is 1. The summed E-state index contributed by atoms with van der Waals surface area (Å²) in [6, 6.07) is 7.53. The van der Waals surface area contributed by atoms with Gasteiger partial charge < -0.3 is 5.11 Å². The Balaban J connectivity index is 2.06. The van der Waals surface area contributed by atoms with E-state index in [-0.39, 0.29) is 22.6 Å². The van der Waals surface area contributed by atoms with Crippen LogP contribution in [0.15, 0.2) is 30.3 Å². The van der Waals surface area contributed by atoms with Crippen molar-refractivity contribution < 1.29 is 19.5 Å². The highest BCUT2D eigenvalue weighted by Crippen LogP contribution is 2.27. The third-order valence-electron chi connectivity index (χ3n) is 2.82. The van der Waals surface area contributed by atoms with Gasteiger partial charge in [0.25, 0.3) is 11.8 Å². The number of imide groups is 1. The maximum atomic E-state index is 12.1. The second kappa shape index (κ2) is 3.77. The van der Waals surface area contributed by atoms with E-state index in [9.17, 15) is 14.4 Å². The van der Waals surface area contributed by atoms with E-state index in [2.05, 4.69) is 10.2 Å². The van der Waals surface area contributed by atoms with Gasteiger partial charge in [-0.05, 0) is 12.1 Å². The Morgan fingerprint density at radius 1 is 1.16 bits per heavy atom. The molecule has 0 saturated carbocycles. The molecule has 1 aromatic heterocycles. The van der Waals surface area contributed by atoms with Crippen LogP contribution in [0.25, 0.3) is 0 Å². The first-order valence-electron chi connectivity index (χ1n) is 5.36. The van der Waals surface area contributed by atoms with E-state index in [1.54, 1.807) is 24.3 Å². The summed E-state index contributed by atoms with van der Waals surface area (Å²) in [6.07, 6.45) is 0. The highest BCUT2D eigenvalue weighted by Gasteiger charge is 2.37. The molecule has 0 fully saturated rings. The monoisotopic (exact) mass is 257 g/mol. The van der Waals surface area contributed by atoms with E-state index in [1.807, 2.05) is 0 Å². The van der Waals surface area contributed by atoms with Gasteiger partial charge in [0.1, 0.15) is 5.69 Å². The molecule has 1 aliphatic rings. The minimum Gasteiger partial charge on any atom is -0.477 e. The number of hydrogen-bond acceptors (Lipinski definition) is 4. The van der Waals surface area contributed by atoms with Gasteiger partial charge in [0, 0.05) is 6.07 Å². The predicted molar refractivity (Wildman–Crippen MR) is 63.1 cm³/mol. The summed E-state index contributed by atoms with van der Waals surface area (Å²) < 4.78 is 0. The van der Waals surface area contributed by atoms with Crippen molar-refractivity contribution in [3.8, 4) is 0 Å². The second-order valence-electron chi connectivity index (χ2n) is 3.94. The summed E-state index contributed by atoms with van der Waals surface area (Å²) in [6.45, 7) is 0. The lowest BCUT2D eigenvalue weighted by Crippen LogP contribution is -2.29. The summed E-state index contributed by atoms with van der Waals surface area (Å²) in [5, 5.41) is 14.7. The third-order valence-corrected chi connectivity index (χ3v) is 2.82. The van der Waals surface area contributed by atoms with Crippen molar-refractivity contribution in [3.63, 3.8) is 0 Å². The molecule has 7 heteroatoms. The van der Waals surface area contributed by atoms with Crippen LogP contribution in [-0.4, -0.2) is 33.1 Å². The lowest BCUT2D eigenvalue weighted by Gasteiger charge is -2.08. The van der Waals surface area contributed by atoms with Crippen molar-refractivity contribution >= 4 is 23.6 Å². The average Bonchev–Trinajstić information content (AvgIpc) is 2.96. The Morgan fingerprint density at radius 2 is 1.74 bits per heavy atom. The number of hydrogen-bond donors (Lipinski definition) is 2. The highest BCUT2D eigenvalue weighted by atomic mass is 16.4. The van der Waals surface area contributed by atoms with Crippen LogP contribution in [0, 0.1) is 0 Å². The highest BCUT2D eigenvalue weighted by molar-refractivity contribution is 6.34. The summed E-state index contributed by atoms with van der Waals surface area (Å²) in [5.41, 5.74) is 0.381. The number of nitrogens with one attached hydrogen (secondary N) is 1. The number of anilines is 1. The molecule has 0 atom stereocenters. The van der Waals surface area contributed by atoms with E-state index >= 15 is 0 Å². The molecule has 3 rings (SSSR count). The fourth-order valence-corrected chi connectivity index (χ4v) is 1.93. The molecule has 19 heavy (non-hydrogen) atoms. The van der Waals surface area contributed by atoms with Gasteiger partial charge in [-0.2, -0.15) is 5.10 Å². The van der Waals surface area contributed by atoms with Gasteiger partial charge in [0.05, 0.1) is 11.1 Å². The summed E-state index contributed by atoms with van der Waals surface area (Å²) in [4.78, 5) is 35.8. The first-order valence-corrected chi connectivity index (χ1v) is 5.36. The van der Waals surface area contributed by atoms with Gasteiger partial charge in [0.2, 0.25) is 0 Å². The van der Waals surface area contributed by atoms with Crippen molar-refractivity contribution in [1.82, 2.24) is 10.2 Å². The van der Waals surface area contributed by atoms with Crippen LogP contribution in [0.2, 0.25) is 0 Å². The SMILES string of the molecule is O=C(O)c1cc(N2C(=O)c3ccccc3C2=O)n[nH]1. The Kier molecular flexibility index (Phi) is 2.21. The molecule has 0 spiro atoms. The molecule has 2 aromatic rings. The van der Waals surface area contributed by atoms with Gasteiger partial charge in [0.15, 0.2) is 5.82 Å². The minimum absolute atomic E-state index is 0.0244. The van der Waals surface area contributed by atoms with E-state index in [0.717, 1.165) is 11.0 Å². The first kappa shape index (κ1) is 11.1. The number of amides is 2. The Labute approximate surface area is 106 Å². The van der Waals surface area contributed by atoms with Gasteiger partial charge >= 0.3 is 5.97 Å². The molecule has 94 valence electrons. The molecule has 0 saturated heterocycles. The van der Waals surface area contributed by atoms with Gasteiger partial charge in [-0.15, -0.1) is 0 Å². The number of rotatable bonds is 2. The van der Waals surface area contributed by atoms with Crippen molar-refractivity contribution in [2.24, 2.45) is 0 Å². The van der Waals surface area contributed by atoms with E-state index in [1.165, 1.54) is 0 Å². The van der Waals surface area contributed by atoms with E-state index in [0.29, 0.717) is 0 Å². The largest absolute Gasteiger partial charge is 0.477 e. The number of aromatic nitrogens is 2. The molecular formula is C12H7N3O4. The topological polar surface area (TPSA) is 103 Å². The maximum absolute atomic E-state index is 12.1. The maximum Gasteiger partial charge on any atom is 0.353 e. The number of nitrogens with zero attached hydrogens (tertiary/aromatic N) is 2. The molecule has 2 amide bonds. The zero-order chi connectivity index (χ0) is 13.6. The van der Waals surface area contributed by atoms with Gasteiger partial charge in [-0.1, -0.05) is 12.1 Å². The van der Waals surface area contributed by atoms with E-state index in [4.69, 9.17) is 5.11 Å². The predicted octanol–water partition coefficient (Wildman–Crippen LogP) is 0.908. The fraction of sp³-hybridized carbons (Fsp3) is 0. The number of carbonyl (C=O) groups excluding carboxylic acids is 2. The molecule has 0 bridgehead atoms. The fourth-order valence-electron chi connectivity index (χ4n) is 1.93. The number of carboxylic acid groups (broad SMARTS) is 1. The summed E-state index contributed by atoms with van der Waals surface area (Å²) >= 11 is 0. The van der Waals surface area contributed by atoms with Crippen molar-refractivity contribution in [2.45, 2.75) is 0 Å². The molecule has 2 N–H and O–H groups in total. The number of H-pyrrole nitrogens is 1. The van der Waals surface area contributed by atoms with Gasteiger partial charge in [-0.25, -0.2) is 9.69 Å². The molecule has 0 aliphatic carbocycles. The third kappa shape index (κ3) is 1.52. The Bertz CT molecular complexity index is 684. The number of carbonyl (C=O) groups is 3. The number of aromatic amines is 1. The molecule has 0 unspecified atom stereocenters. The molecular weight excluding hydrogens is 250 g/mol. The molecule has 7 nitrogen and oxygen atoms in total. The normalized spacial score (nSPS) is 13.8. The second-order valence-corrected chi connectivity index (χ2v) is 3.94. The summed E-state index contributed by atoms with van der Waals surface area (Å²) in [7, 11) is 0. The van der Waals surface area contributed by atoms with Crippen LogP contribution in [0.1, 0.15) is 31.2 Å². The molecule has 0 radical (unpaired) electrons. The van der Waals surface area contributed by atoms with Crippen LogP contribution in [0.4, 0.5) is 5.82 Å². The first-order chi connectivity index (χ1) is 9.09.